The predicted octanol–water partition coefficient (Wildman–Crippen LogP) is 3.61. The quantitative estimate of drug-likeness (QED) is 0.624. The summed E-state index contributed by atoms with van der Waals surface area (Å²) in [4.78, 5) is 15.1. The van der Waals surface area contributed by atoms with Gasteiger partial charge in [0.2, 0.25) is 5.91 Å². The van der Waals surface area contributed by atoms with E-state index in [1.165, 1.54) is 42.1 Å². The number of halogens is 1. The summed E-state index contributed by atoms with van der Waals surface area (Å²) in [6.45, 7) is 4.19. The first-order valence-corrected chi connectivity index (χ1v) is 11.2. The van der Waals surface area contributed by atoms with Crippen molar-refractivity contribution >= 4 is 33.4 Å². The first-order valence-electron chi connectivity index (χ1n) is 8.53. The van der Waals surface area contributed by atoms with E-state index in [1.54, 1.807) is 17.0 Å². The minimum Gasteiger partial charge on any atom is -0.342 e. The Morgan fingerprint density at radius 2 is 1.70 bits per heavy atom. The maximum Gasteiger partial charge on any atom is 0.264 e. The van der Waals surface area contributed by atoms with E-state index < -0.39 is 22.4 Å². The molecule has 0 saturated heterocycles. The first-order chi connectivity index (χ1) is 12.8. The van der Waals surface area contributed by atoms with Crippen LogP contribution in [0, 0.1) is 5.82 Å². The second-order valence-electron chi connectivity index (χ2n) is 5.73. The number of carbonyl (C=O) groups is 1. The molecule has 0 aliphatic carbocycles. The van der Waals surface area contributed by atoms with Crippen molar-refractivity contribution in [1.29, 1.82) is 0 Å². The molecule has 2 aromatic carbocycles. The lowest BCUT2D eigenvalue weighted by molar-refractivity contribution is -0.129. The van der Waals surface area contributed by atoms with Gasteiger partial charge in [0.1, 0.15) is 12.4 Å². The Kier molecular flexibility index (Phi) is 7.26. The summed E-state index contributed by atoms with van der Waals surface area (Å²) in [5, 5.41) is 0. The maximum absolute atomic E-state index is 13.7. The summed E-state index contributed by atoms with van der Waals surface area (Å²) >= 11 is 1.50. The molecule has 1 amide bonds. The minimum atomic E-state index is -4.03. The van der Waals surface area contributed by atoms with E-state index in [9.17, 15) is 17.6 Å². The summed E-state index contributed by atoms with van der Waals surface area (Å²) < 4.78 is 41.1. The molecule has 0 heterocycles. The van der Waals surface area contributed by atoms with Crippen LogP contribution in [0.1, 0.15) is 13.8 Å². The number of benzene rings is 2. The normalized spacial score (nSPS) is 11.3. The molecule has 0 atom stereocenters. The van der Waals surface area contributed by atoms with Crippen molar-refractivity contribution in [2.45, 2.75) is 23.6 Å². The van der Waals surface area contributed by atoms with Gasteiger partial charge in [-0.3, -0.25) is 9.10 Å². The summed E-state index contributed by atoms with van der Waals surface area (Å²) in [5.41, 5.74) is 0.115. The van der Waals surface area contributed by atoms with Gasteiger partial charge < -0.3 is 4.90 Å². The van der Waals surface area contributed by atoms with Crippen molar-refractivity contribution in [3.8, 4) is 0 Å². The molecular weight excluding hydrogens is 387 g/mol. The zero-order chi connectivity index (χ0) is 20.0. The number of hydrogen-bond acceptors (Lipinski definition) is 4. The number of rotatable bonds is 8. The van der Waals surface area contributed by atoms with Gasteiger partial charge in [-0.1, -0.05) is 6.07 Å². The highest BCUT2D eigenvalue weighted by atomic mass is 32.2. The van der Waals surface area contributed by atoms with Crippen molar-refractivity contribution in [2.75, 3.05) is 30.2 Å². The smallest absolute Gasteiger partial charge is 0.264 e. The second kappa shape index (κ2) is 9.23. The molecule has 8 heteroatoms. The van der Waals surface area contributed by atoms with Crippen LogP contribution >= 0.6 is 11.8 Å². The fourth-order valence-electron chi connectivity index (χ4n) is 2.62. The minimum absolute atomic E-state index is 0.0527. The lowest BCUT2D eigenvalue weighted by Gasteiger charge is -2.27. The first kappa shape index (κ1) is 21.2. The SMILES string of the molecule is CCN(CC)C(=O)CN(c1cccc(F)c1)S(=O)(=O)c1ccc(SC)cc1. The molecule has 0 unspecified atom stereocenters. The number of thioether (sulfide) groups is 1. The summed E-state index contributed by atoms with van der Waals surface area (Å²) in [6, 6.07) is 11.6. The molecule has 0 saturated carbocycles. The van der Waals surface area contributed by atoms with Crippen LogP contribution in [0.4, 0.5) is 10.1 Å². The Labute approximate surface area is 164 Å². The average molecular weight is 411 g/mol. The lowest BCUT2D eigenvalue weighted by Crippen LogP contribution is -2.43. The van der Waals surface area contributed by atoms with Crippen molar-refractivity contribution < 1.29 is 17.6 Å². The number of anilines is 1. The molecule has 0 aliphatic rings. The summed E-state index contributed by atoms with van der Waals surface area (Å²) in [6.07, 6.45) is 1.89. The third-order valence-corrected chi connectivity index (χ3v) is 6.67. The molecule has 0 N–H and O–H groups in total. The third-order valence-electron chi connectivity index (χ3n) is 4.14. The van der Waals surface area contributed by atoms with Gasteiger partial charge in [0.05, 0.1) is 10.6 Å². The highest BCUT2D eigenvalue weighted by Crippen LogP contribution is 2.26. The van der Waals surface area contributed by atoms with Gasteiger partial charge in [0, 0.05) is 18.0 Å². The highest BCUT2D eigenvalue weighted by Gasteiger charge is 2.28. The number of nitrogens with zero attached hydrogens (tertiary/aromatic N) is 2. The van der Waals surface area contributed by atoms with Crippen LogP contribution in [0.2, 0.25) is 0 Å². The number of amides is 1. The molecule has 5 nitrogen and oxygen atoms in total. The molecule has 0 aliphatic heterocycles. The van der Waals surface area contributed by atoms with Crippen LogP contribution < -0.4 is 4.31 Å². The molecule has 0 radical (unpaired) electrons. The monoisotopic (exact) mass is 410 g/mol. The van der Waals surface area contributed by atoms with Gasteiger partial charge in [-0.05, 0) is 62.6 Å². The molecule has 146 valence electrons. The van der Waals surface area contributed by atoms with Crippen molar-refractivity contribution in [1.82, 2.24) is 4.90 Å². The lowest BCUT2D eigenvalue weighted by atomic mass is 10.3. The van der Waals surface area contributed by atoms with Gasteiger partial charge >= 0.3 is 0 Å². The number of likely N-dealkylation sites (N-methyl/N-ethyl adjacent to an activating group) is 1. The molecule has 2 aromatic rings. The zero-order valence-corrected chi connectivity index (χ0v) is 17.2. The van der Waals surface area contributed by atoms with E-state index in [0.29, 0.717) is 13.1 Å². The van der Waals surface area contributed by atoms with E-state index in [2.05, 4.69) is 0 Å². The van der Waals surface area contributed by atoms with Gasteiger partial charge in [0.25, 0.3) is 10.0 Å². The van der Waals surface area contributed by atoms with E-state index in [0.717, 1.165) is 15.3 Å². The highest BCUT2D eigenvalue weighted by molar-refractivity contribution is 7.98. The fourth-order valence-corrected chi connectivity index (χ4v) is 4.43. The Morgan fingerprint density at radius 3 is 2.22 bits per heavy atom. The van der Waals surface area contributed by atoms with Crippen molar-refractivity contribution in [3.63, 3.8) is 0 Å². The Bertz CT molecular complexity index is 882. The summed E-state index contributed by atoms with van der Waals surface area (Å²) in [7, 11) is -4.03. The zero-order valence-electron chi connectivity index (χ0n) is 15.6. The van der Waals surface area contributed by atoms with Gasteiger partial charge in [-0.25, -0.2) is 12.8 Å². The third kappa shape index (κ3) is 5.01. The molecule has 2 rings (SSSR count). The molecule has 0 fully saturated rings. The van der Waals surface area contributed by atoms with E-state index >= 15 is 0 Å². The Balaban J connectivity index is 2.48. The van der Waals surface area contributed by atoms with Crippen molar-refractivity contribution in [3.05, 3.63) is 54.3 Å². The Morgan fingerprint density at radius 1 is 1.07 bits per heavy atom. The van der Waals surface area contributed by atoms with Crippen LogP contribution in [0.25, 0.3) is 0 Å². The molecule has 0 spiro atoms. The number of carbonyl (C=O) groups excluding carboxylic acids is 1. The van der Waals surface area contributed by atoms with Crippen LogP contribution in [-0.2, 0) is 14.8 Å². The number of hydrogen-bond donors (Lipinski definition) is 0. The van der Waals surface area contributed by atoms with Crippen LogP contribution in [0.3, 0.4) is 0 Å². The van der Waals surface area contributed by atoms with Crippen LogP contribution in [0.15, 0.2) is 58.3 Å². The number of sulfonamides is 1. The topological polar surface area (TPSA) is 57.7 Å². The predicted molar refractivity (Wildman–Crippen MR) is 107 cm³/mol. The van der Waals surface area contributed by atoms with Gasteiger partial charge in [-0.2, -0.15) is 0 Å². The molecule has 0 aromatic heterocycles. The van der Waals surface area contributed by atoms with E-state index in [-0.39, 0.29) is 16.5 Å². The van der Waals surface area contributed by atoms with E-state index in [1.807, 2.05) is 20.1 Å². The molecule has 27 heavy (non-hydrogen) atoms. The summed E-state index contributed by atoms with van der Waals surface area (Å²) in [5.74, 6) is -0.908. The van der Waals surface area contributed by atoms with Gasteiger partial charge in [0.15, 0.2) is 0 Å². The van der Waals surface area contributed by atoms with Crippen LogP contribution in [-0.4, -0.2) is 45.1 Å². The standard InChI is InChI=1S/C19H23FN2O3S2/c1-4-21(5-2)19(23)14-22(16-8-6-7-15(20)13-16)27(24,25)18-11-9-17(26-3)10-12-18/h6-13H,4-5,14H2,1-3H3. The van der Waals surface area contributed by atoms with E-state index in [4.69, 9.17) is 0 Å². The maximum atomic E-state index is 13.7. The molecule has 0 bridgehead atoms. The van der Waals surface area contributed by atoms with Crippen LogP contribution in [0.5, 0.6) is 0 Å². The van der Waals surface area contributed by atoms with Gasteiger partial charge in [-0.15, -0.1) is 11.8 Å². The average Bonchev–Trinajstić information content (AvgIpc) is 2.67. The fraction of sp³-hybridized carbons (Fsp3) is 0.316. The second-order valence-corrected chi connectivity index (χ2v) is 8.48. The largest absolute Gasteiger partial charge is 0.342 e. The van der Waals surface area contributed by atoms with Crippen molar-refractivity contribution in [2.24, 2.45) is 0 Å². The Hall–Kier alpha value is -2.06. The molecular formula is C19H23FN2O3S2.